The third-order valence-electron chi connectivity index (χ3n) is 5.36. The van der Waals surface area contributed by atoms with Gasteiger partial charge in [0, 0.05) is 37.7 Å². The van der Waals surface area contributed by atoms with Gasteiger partial charge in [-0.25, -0.2) is 8.42 Å². The number of sulfonamides is 1. The third-order valence-corrected chi connectivity index (χ3v) is 8.45. The summed E-state index contributed by atoms with van der Waals surface area (Å²) in [6.45, 7) is 3.23. The summed E-state index contributed by atoms with van der Waals surface area (Å²) in [5.74, 6) is 0.336. The number of fused-ring (bicyclic) bond motifs is 1. The van der Waals surface area contributed by atoms with E-state index >= 15 is 0 Å². The monoisotopic (exact) mass is 495 g/mol. The first-order valence-corrected chi connectivity index (χ1v) is 12.7. The fourth-order valence-corrected chi connectivity index (χ4v) is 6.24. The minimum Gasteiger partial charge on any atom is -0.484 e. The first kappa shape index (κ1) is 22.8. The first-order valence-electron chi connectivity index (χ1n) is 10.1. The van der Waals surface area contributed by atoms with E-state index in [0.29, 0.717) is 22.0 Å². The molecule has 11 heteroatoms. The molecule has 0 radical (unpaired) electrons. The Balaban J connectivity index is 1.39. The molecule has 0 atom stereocenters. The average molecular weight is 496 g/mol. The smallest absolute Gasteiger partial charge is 0.308 e. The van der Waals surface area contributed by atoms with Crippen molar-refractivity contribution in [2.24, 2.45) is 0 Å². The maximum Gasteiger partial charge on any atom is 0.308 e. The molecule has 2 aromatic carbocycles. The van der Waals surface area contributed by atoms with Gasteiger partial charge in [-0.3, -0.25) is 14.2 Å². The minimum atomic E-state index is -3.73. The van der Waals surface area contributed by atoms with Crippen LogP contribution >= 0.6 is 22.9 Å². The number of carbonyl (C=O) groups is 1. The van der Waals surface area contributed by atoms with Crippen molar-refractivity contribution >= 4 is 49.1 Å². The van der Waals surface area contributed by atoms with Gasteiger partial charge in [0.05, 0.1) is 15.1 Å². The molecule has 0 unspecified atom stereocenters. The second-order valence-electron chi connectivity index (χ2n) is 7.27. The predicted octanol–water partition coefficient (Wildman–Crippen LogP) is 2.65. The number of amides is 1. The summed E-state index contributed by atoms with van der Waals surface area (Å²) < 4.78 is 35.4. The molecule has 32 heavy (non-hydrogen) atoms. The standard InChI is InChI=1S/C21H22ClN3O5S2/c1-2-25-18-8-7-17(13-19(18)31-21(25)27)32(28,29)24-11-9-23(10-12-24)20(26)14-30-16-5-3-15(22)4-6-16/h3-8,13H,2,9-12,14H2,1H3. The summed E-state index contributed by atoms with van der Waals surface area (Å²) in [4.78, 5) is 26.2. The number of piperazine rings is 1. The van der Waals surface area contributed by atoms with Crippen LogP contribution in [0.5, 0.6) is 5.75 Å². The van der Waals surface area contributed by atoms with Gasteiger partial charge in [0.1, 0.15) is 5.75 Å². The lowest BCUT2D eigenvalue weighted by atomic mass is 10.3. The van der Waals surface area contributed by atoms with Crippen LogP contribution in [0, 0.1) is 0 Å². The van der Waals surface area contributed by atoms with Crippen molar-refractivity contribution in [2.75, 3.05) is 32.8 Å². The SMILES string of the molecule is CCn1c(=O)sc2cc(S(=O)(=O)N3CCN(C(=O)COc4ccc(Cl)cc4)CC3)ccc21. The van der Waals surface area contributed by atoms with Crippen molar-refractivity contribution in [3.8, 4) is 5.75 Å². The zero-order chi connectivity index (χ0) is 22.9. The Hall–Kier alpha value is -2.40. The Bertz CT molecular complexity index is 1290. The Morgan fingerprint density at radius 1 is 1.09 bits per heavy atom. The van der Waals surface area contributed by atoms with Crippen LogP contribution in [-0.4, -0.2) is 60.9 Å². The fraction of sp³-hybridized carbons (Fsp3) is 0.333. The molecular formula is C21H22ClN3O5S2. The van der Waals surface area contributed by atoms with E-state index in [1.807, 2.05) is 6.92 Å². The molecule has 1 aliphatic heterocycles. The van der Waals surface area contributed by atoms with Crippen molar-refractivity contribution in [1.29, 1.82) is 0 Å². The number of nitrogens with zero attached hydrogens (tertiary/aromatic N) is 3. The maximum absolute atomic E-state index is 13.1. The van der Waals surface area contributed by atoms with Gasteiger partial charge >= 0.3 is 4.87 Å². The highest BCUT2D eigenvalue weighted by Gasteiger charge is 2.30. The van der Waals surface area contributed by atoms with E-state index in [4.69, 9.17) is 16.3 Å². The van der Waals surface area contributed by atoms with Crippen molar-refractivity contribution in [3.05, 3.63) is 57.2 Å². The second kappa shape index (κ2) is 9.22. The molecule has 1 aromatic heterocycles. The molecule has 4 rings (SSSR count). The zero-order valence-corrected chi connectivity index (χ0v) is 19.8. The van der Waals surface area contributed by atoms with Crippen molar-refractivity contribution < 1.29 is 17.9 Å². The number of thiazole rings is 1. The summed E-state index contributed by atoms with van der Waals surface area (Å²) in [5.41, 5.74) is 0.734. The largest absolute Gasteiger partial charge is 0.484 e. The lowest BCUT2D eigenvalue weighted by molar-refractivity contribution is -0.134. The predicted molar refractivity (Wildman–Crippen MR) is 124 cm³/mol. The normalized spacial score (nSPS) is 15.2. The molecule has 0 saturated carbocycles. The van der Waals surface area contributed by atoms with Gasteiger partial charge < -0.3 is 9.64 Å². The van der Waals surface area contributed by atoms with E-state index in [1.54, 1.807) is 45.9 Å². The highest BCUT2D eigenvalue weighted by atomic mass is 35.5. The molecule has 2 heterocycles. The summed E-state index contributed by atoms with van der Waals surface area (Å²) in [6.07, 6.45) is 0. The molecule has 1 fully saturated rings. The van der Waals surface area contributed by atoms with Gasteiger partial charge in [0.15, 0.2) is 6.61 Å². The fourth-order valence-electron chi connectivity index (χ4n) is 3.60. The van der Waals surface area contributed by atoms with Crippen LogP contribution in [-0.2, 0) is 21.4 Å². The highest BCUT2D eigenvalue weighted by molar-refractivity contribution is 7.89. The van der Waals surface area contributed by atoms with Crippen LogP contribution in [0.2, 0.25) is 5.02 Å². The molecule has 0 spiro atoms. The lowest BCUT2D eigenvalue weighted by Gasteiger charge is -2.34. The van der Waals surface area contributed by atoms with E-state index in [1.165, 1.54) is 10.4 Å². The van der Waals surface area contributed by atoms with Gasteiger partial charge in [-0.2, -0.15) is 4.31 Å². The van der Waals surface area contributed by atoms with Gasteiger partial charge in [0.2, 0.25) is 10.0 Å². The van der Waals surface area contributed by atoms with Crippen LogP contribution < -0.4 is 9.61 Å². The molecule has 0 N–H and O–H groups in total. The third kappa shape index (κ3) is 4.54. The molecule has 1 amide bonds. The van der Waals surface area contributed by atoms with E-state index in [2.05, 4.69) is 0 Å². The van der Waals surface area contributed by atoms with Crippen molar-refractivity contribution in [3.63, 3.8) is 0 Å². The Kier molecular flexibility index (Phi) is 6.57. The molecule has 170 valence electrons. The van der Waals surface area contributed by atoms with Crippen molar-refractivity contribution in [1.82, 2.24) is 13.8 Å². The minimum absolute atomic E-state index is 0.106. The summed E-state index contributed by atoms with van der Waals surface area (Å²) in [6, 6.07) is 11.5. The number of carbonyl (C=O) groups excluding carboxylic acids is 1. The zero-order valence-electron chi connectivity index (χ0n) is 17.4. The van der Waals surface area contributed by atoms with E-state index < -0.39 is 10.0 Å². The topological polar surface area (TPSA) is 88.9 Å². The molecular weight excluding hydrogens is 474 g/mol. The molecule has 1 saturated heterocycles. The van der Waals surface area contributed by atoms with E-state index in [0.717, 1.165) is 16.9 Å². The lowest BCUT2D eigenvalue weighted by Crippen LogP contribution is -2.51. The van der Waals surface area contributed by atoms with Crippen LogP contribution in [0.15, 0.2) is 52.2 Å². The summed E-state index contributed by atoms with van der Waals surface area (Å²) in [7, 11) is -3.73. The summed E-state index contributed by atoms with van der Waals surface area (Å²) in [5, 5.41) is 0.581. The number of hydrogen-bond acceptors (Lipinski definition) is 6. The van der Waals surface area contributed by atoms with Gasteiger partial charge in [0.25, 0.3) is 5.91 Å². The number of benzene rings is 2. The molecule has 1 aliphatic rings. The number of halogens is 1. The maximum atomic E-state index is 13.1. The Morgan fingerprint density at radius 2 is 1.78 bits per heavy atom. The van der Waals surface area contributed by atoms with E-state index in [9.17, 15) is 18.0 Å². The van der Waals surface area contributed by atoms with Crippen LogP contribution in [0.3, 0.4) is 0 Å². The number of aromatic nitrogens is 1. The molecule has 0 bridgehead atoms. The molecule has 8 nitrogen and oxygen atoms in total. The Morgan fingerprint density at radius 3 is 2.44 bits per heavy atom. The average Bonchev–Trinajstić information content (AvgIpc) is 3.12. The quantitative estimate of drug-likeness (QED) is 0.524. The molecule has 0 aliphatic carbocycles. The number of hydrogen-bond donors (Lipinski definition) is 0. The summed E-state index contributed by atoms with van der Waals surface area (Å²) >= 11 is 6.87. The first-order chi connectivity index (χ1) is 15.3. The molecule has 3 aromatic rings. The second-order valence-corrected chi connectivity index (χ2v) is 10.6. The Labute approximate surface area is 194 Å². The number of aryl methyl sites for hydroxylation is 1. The highest BCUT2D eigenvalue weighted by Crippen LogP contribution is 2.25. The number of rotatable bonds is 6. The van der Waals surface area contributed by atoms with Crippen LogP contribution in [0.1, 0.15) is 6.92 Å². The van der Waals surface area contributed by atoms with Gasteiger partial charge in [-0.1, -0.05) is 22.9 Å². The van der Waals surface area contributed by atoms with Crippen molar-refractivity contribution in [2.45, 2.75) is 18.4 Å². The van der Waals surface area contributed by atoms with E-state index in [-0.39, 0.29) is 48.5 Å². The number of ether oxygens (including phenoxy) is 1. The van der Waals surface area contributed by atoms with Crippen LogP contribution in [0.4, 0.5) is 0 Å². The van der Waals surface area contributed by atoms with Crippen LogP contribution in [0.25, 0.3) is 10.2 Å². The van der Waals surface area contributed by atoms with Gasteiger partial charge in [-0.15, -0.1) is 0 Å². The van der Waals surface area contributed by atoms with Gasteiger partial charge in [-0.05, 0) is 49.4 Å².